The first-order valence-electron chi connectivity index (χ1n) is 6.84. The molecule has 1 aromatic carbocycles. The fraction of sp³-hybridized carbons (Fsp3) is 0.500. The molecule has 1 amide bonds. The van der Waals surface area contributed by atoms with Crippen molar-refractivity contribution in [2.45, 2.75) is 25.0 Å². The number of ether oxygens (including phenoxy) is 1. The Hall–Kier alpha value is -1.60. The Labute approximate surface area is 124 Å². The van der Waals surface area contributed by atoms with Crippen molar-refractivity contribution < 1.29 is 17.9 Å². The highest BCUT2D eigenvalue weighted by Crippen LogP contribution is 2.19. The van der Waals surface area contributed by atoms with E-state index in [-0.39, 0.29) is 0 Å². The summed E-state index contributed by atoms with van der Waals surface area (Å²) < 4.78 is 29.5. The van der Waals surface area contributed by atoms with E-state index in [0.717, 1.165) is 5.56 Å². The lowest BCUT2D eigenvalue weighted by atomic mass is 10.2. The van der Waals surface area contributed by atoms with Crippen LogP contribution < -0.4 is 11.1 Å². The van der Waals surface area contributed by atoms with Crippen LogP contribution in [0.5, 0.6) is 0 Å². The summed E-state index contributed by atoms with van der Waals surface area (Å²) in [4.78, 5) is 11.9. The number of nitrogens with two attached hydrogens (primary N) is 1. The molecular weight excluding hydrogens is 292 g/mol. The third-order valence-corrected chi connectivity index (χ3v) is 5.72. The number of hydrogen-bond acceptors (Lipinski definition) is 5. The van der Waals surface area contributed by atoms with E-state index in [1.165, 1.54) is 0 Å². The molecule has 3 N–H and O–H groups in total. The zero-order valence-electron chi connectivity index (χ0n) is 12.0. The molecule has 0 aromatic heterocycles. The van der Waals surface area contributed by atoms with E-state index in [2.05, 4.69) is 5.32 Å². The first kappa shape index (κ1) is 15.8. The van der Waals surface area contributed by atoms with Gasteiger partial charge in [0.1, 0.15) is 5.75 Å². The van der Waals surface area contributed by atoms with Gasteiger partial charge < -0.3 is 15.8 Å². The molecule has 1 heterocycles. The maximum Gasteiger partial charge on any atom is 0.239 e. The van der Waals surface area contributed by atoms with Gasteiger partial charge in [-0.05, 0) is 37.5 Å². The number of carbonyl (C=O) groups is 1. The maximum absolute atomic E-state index is 12.2. The molecule has 0 radical (unpaired) electrons. The lowest BCUT2D eigenvalue weighted by Gasteiger charge is -2.21. The van der Waals surface area contributed by atoms with Crippen molar-refractivity contribution in [3.63, 3.8) is 0 Å². The molecular formula is C14H20N2O4S. The molecule has 7 heteroatoms. The van der Waals surface area contributed by atoms with E-state index in [1.807, 2.05) is 6.92 Å². The Morgan fingerprint density at radius 3 is 2.67 bits per heavy atom. The van der Waals surface area contributed by atoms with Crippen molar-refractivity contribution in [2.75, 3.05) is 30.0 Å². The van der Waals surface area contributed by atoms with Gasteiger partial charge in [0.2, 0.25) is 5.91 Å². The number of benzene rings is 1. The Morgan fingerprint density at radius 1 is 1.38 bits per heavy atom. The van der Waals surface area contributed by atoms with E-state index >= 15 is 0 Å². The van der Waals surface area contributed by atoms with Gasteiger partial charge in [-0.1, -0.05) is 6.07 Å². The van der Waals surface area contributed by atoms with Crippen molar-refractivity contribution in [2.24, 2.45) is 0 Å². The number of nitrogens with one attached hydrogen (secondary N) is 1. The summed E-state index contributed by atoms with van der Waals surface area (Å²) in [6.45, 7) is 2.72. The highest BCUT2D eigenvalue weighted by atomic mass is 32.2. The van der Waals surface area contributed by atoms with Gasteiger partial charge in [-0.25, -0.2) is 8.42 Å². The normalized spacial score (nSPS) is 16.6. The van der Waals surface area contributed by atoms with Crippen LogP contribution in [0.2, 0.25) is 0 Å². The quantitative estimate of drug-likeness (QED) is 0.812. The van der Waals surface area contributed by atoms with Crippen LogP contribution in [-0.2, 0) is 19.4 Å². The summed E-state index contributed by atoms with van der Waals surface area (Å²) in [5.41, 5.74) is 7.72. The number of sulfone groups is 1. The van der Waals surface area contributed by atoms with Crippen LogP contribution in [0.1, 0.15) is 18.4 Å². The number of carbonyl (C=O) groups excluding carboxylic acids is 1. The lowest BCUT2D eigenvalue weighted by molar-refractivity contribution is -0.113. The number of hydrogen-bond donors (Lipinski definition) is 2. The minimum Gasteiger partial charge on any atom is -0.398 e. The lowest BCUT2D eigenvalue weighted by Crippen LogP contribution is -2.34. The zero-order valence-corrected chi connectivity index (χ0v) is 12.8. The average molecular weight is 312 g/mol. The Balaban J connectivity index is 1.98. The molecule has 6 nitrogen and oxygen atoms in total. The van der Waals surface area contributed by atoms with E-state index < -0.39 is 26.7 Å². The highest BCUT2D eigenvalue weighted by molar-refractivity contribution is 7.92. The van der Waals surface area contributed by atoms with Crippen molar-refractivity contribution in [3.8, 4) is 0 Å². The van der Waals surface area contributed by atoms with Crippen LogP contribution in [0.3, 0.4) is 0 Å². The standard InChI is InChI=1S/C14H20N2O4S/c1-10-2-3-11(8-13(10)15)16-14(17)9-21(18,19)12-4-6-20-7-5-12/h2-3,8,12H,4-7,9,15H2,1H3,(H,16,17). The Morgan fingerprint density at radius 2 is 2.05 bits per heavy atom. The van der Waals surface area contributed by atoms with Gasteiger partial charge in [-0.2, -0.15) is 0 Å². The van der Waals surface area contributed by atoms with Gasteiger partial charge in [0.15, 0.2) is 9.84 Å². The molecule has 0 saturated carbocycles. The summed E-state index contributed by atoms with van der Waals surface area (Å²) in [6.07, 6.45) is 0.903. The van der Waals surface area contributed by atoms with Gasteiger partial charge >= 0.3 is 0 Å². The fourth-order valence-corrected chi connectivity index (χ4v) is 3.83. The SMILES string of the molecule is Cc1ccc(NC(=O)CS(=O)(=O)C2CCOCC2)cc1N. The van der Waals surface area contributed by atoms with Crippen molar-refractivity contribution in [3.05, 3.63) is 23.8 Å². The van der Waals surface area contributed by atoms with Crippen LogP contribution >= 0.6 is 0 Å². The number of aryl methyl sites for hydroxylation is 1. The van der Waals surface area contributed by atoms with Crippen LogP contribution in [0, 0.1) is 6.92 Å². The predicted octanol–water partition coefficient (Wildman–Crippen LogP) is 1.11. The maximum atomic E-state index is 12.2. The summed E-state index contributed by atoms with van der Waals surface area (Å²) in [5, 5.41) is 2.09. The molecule has 2 rings (SSSR count). The smallest absolute Gasteiger partial charge is 0.239 e. The second-order valence-electron chi connectivity index (χ2n) is 5.24. The average Bonchev–Trinajstić information content (AvgIpc) is 2.43. The van der Waals surface area contributed by atoms with Crippen LogP contribution in [0.15, 0.2) is 18.2 Å². The topological polar surface area (TPSA) is 98.5 Å². The number of nitrogen functional groups attached to an aromatic ring is 1. The molecule has 0 unspecified atom stereocenters. The van der Waals surface area contributed by atoms with Gasteiger partial charge in [-0.3, -0.25) is 4.79 Å². The highest BCUT2D eigenvalue weighted by Gasteiger charge is 2.29. The van der Waals surface area contributed by atoms with Crippen molar-refractivity contribution in [1.82, 2.24) is 0 Å². The van der Waals surface area contributed by atoms with Crippen molar-refractivity contribution in [1.29, 1.82) is 0 Å². The summed E-state index contributed by atoms with van der Waals surface area (Å²) in [5.74, 6) is -1.05. The summed E-state index contributed by atoms with van der Waals surface area (Å²) in [7, 11) is -3.44. The number of amides is 1. The van der Waals surface area contributed by atoms with Crippen LogP contribution in [-0.4, -0.2) is 38.5 Å². The molecule has 1 aliphatic rings. The van der Waals surface area contributed by atoms with Crippen molar-refractivity contribution >= 4 is 27.1 Å². The predicted molar refractivity (Wildman–Crippen MR) is 81.8 cm³/mol. The van der Waals surface area contributed by atoms with Gasteiger partial charge in [0, 0.05) is 24.6 Å². The third kappa shape index (κ3) is 4.18. The van der Waals surface area contributed by atoms with Crippen LogP contribution in [0.4, 0.5) is 11.4 Å². The van der Waals surface area contributed by atoms with Crippen LogP contribution in [0.25, 0.3) is 0 Å². The Kier molecular flexibility index (Phi) is 4.84. The molecule has 0 aliphatic carbocycles. The second-order valence-corrected chi connectivity index (χ2v) is 7.52. The second kappa shape index (κ2) is 6.44. The molecule has 21 heavy (non-hydrogen) atoms. The first-order valence-corrected chi connectivity index (χ1v) is 8.55. The van der Waals surface area contributed by atoms with E-state index in [1.54, 1.807) is 18.2 Å². The van der Waals surface area contributed by atoms with Gasteiger partial charge in [0.05, 0.1) is 5.25 Å². The minimum atomic E-state index is -3.44. The van der Waals surface area contributed by atoms with Gasteiger partial charge in [-0.15, -0.1) is 0 Å². The van der Waals surface area contributed by atoms with Gasteiger partial charge in [0.25, 0.3) is 0 Å². The molecule has 1 saturated heterocycles. The fourth-order valence-electron chi connectivity index (χ4n) is 2.25. The third-order valence-electron chi connectivity index (χ3n) is 3.57. The first-order chi connectivity index (χ1) is 9.88. The number of anilines is 2. The Bertz CT molecular complexity index is 622. The van der Waals surface area contributed by atoms with E-state index in [9.17, 15) is 13.2 Å². The molecule has 0 atom stereocenters. The molecule has 1 aromatic rings. The minimum absolute atomic E-state index is 0.431. The van der Waals surface area contributed by atoms with E-state index in [0.29, 0.717) is 37.4 Å². The molecule has 0 spiro atoms. The molecule has 0 bridgehead atoms. The molecule has 1 aliphatic heterocycles. The number of rotatable bonds is 4. The monoisotopic (exact) mass is 312 g/mol. The zero-order chi connectivity index (χ0) is 15.5. The molecule has 116 valence electrons. The largest absolute Gasteiger partial charge is 0.398 e. The summed E-state index contributed by atoms with van der Waals surface area (Å²) in [6, 6.07) is 5.09. The molecule has 1 fully saturated rings. The van der Waals surface area contributed by atoms with E-state index in [4.69, 9.17) is 10.5 Å². The summed E-state index contributed by atoms with van der Waals surface area (Å²) >= 11 is 0.